The van der Waals surface area contributed by atoms with Crippen LogP contribution in [0.25, 0.3) is 0 Å². The van der Waals surface area contributed by atoms with E-state index in [-0.39, 0.29) is 12.0 Å². The number of aliphatic hydroxyl groups excluding tert-OH is 1. The monoisotopic (exact) mass is 296 g/mol. The molecule has 0 aliphatic heterocycles. The molecular formula is C14H17ClN2OS. The third kappa shape index (κ3) is 3.53. The van der Waals surface area contributed by atoms with E-state index < -0.39 is 0 Å². The lowest BCUT2D eigenvalue weighted by Gasteiger charge is -2.20. The Kier molecular flexibility index (Phi) is 4.91. The van der Waals surface area contributed by atoms with Crippen LogP contribution in [0.3, 0.4) is 0 Å². The fourth-order valence-electron chi connectivity index (χ4n) is 1.87. The van der Waals surface area contributed by atoms with Gasteiger partial charge in [-0.25, -0.2) is 4.98 Å². The van der Waals surface area contributed by atoms with E-state index in [2.05, 4.69) is 18.8 Å². The zero-order valence-corrected chi connectivity index (χ0v) is 12.5. The molecule has 0 amide bonds. The van der Waals surface area contributed by atoms with Crippen molar-refractivity contribution in [1.82, 2.24) is 9.55 Å². The van der Waals surface area contributed by atoms with Crippen molar-refractivity contribution in [3.8, 4) is 0 Å². The summed E-state index contributed by atoms with van der Waals surface area (Å²) in [6, 6.07) is 7.80. The van der Waals surface area contributed by atoms with Gasteiger partial charge in [0.15, 0.2) is 0 Å². The molecule has 1 heterocycles. The van der Waals surface area contributed by atoms with E-state index in [0.717, 1.165) is 15.7 Å². The molecular weight excluding hydrogens is 280 g/mol. The fourth-order valence-corrected chi connectivity index (χ4v) is 3.35. The van der Waals surface area contributed by atoms with E-state index >= 15 is 0 Å². The molecule has 3 nitrogen and oxygen atoms in total. The van der Waals surface area contributed by atoms with Crippen LogP contribution in [0.15, 0.2) is 41.6 Å². The second-order valence-corrected chi connectivity index (χ2v) is 6.29. The Balaban J connectivity index is 2.26. The number of hydrogen-bond donors (Lipinski definition) is 1. The smallest absolute Gasteiger partial charge is 0.124 e. The van der Waals surface area contributed by atoms with Gasteiger partial charge < -0.3 is 9.67 Å². The van der Waals surface area contributed by atoms with Gasteiger partial charge in [0.1, 0.15) is 12.6 Å². The molecule has 2 rings (SSSR count). The SMILES string of the molecule is CC(C)C(Sc1cccc(Cl)c1)c1nccn1CO. The van der Waals surface area contributed by atoms with Crippen LogP contribution in [-0.2, 0) is 6.73 Å². The molecule has 0 spiro atoms. The van der Waals surface area contributed by atoms with Crippen molar-refractivity contribution in [3.63, 3.8) is 0 Å². The quantitative estimate of drug-likeness (QED) is 0.848. The van der Waals surface area contributed by atoms with Crippen molar-refractivity contribution in [2.75, 3.05) is 0 Å². The van der Waals surface area contributed by atoms with Crippen LogP contribution in [0.4, 0.5) is 0 Å². The first kappa shape index (κ1) is 14.4. The van der Waals surface area contributed by atoms with Crippen LogP contribution in [0, 0.1) is 5.92 Å². The maximum atomic E-state index is 9.34. The Labute approximate surface area is 122 Å². The van der Waals surface area contributed by atoms with Gasteiger partial charge in [-0.2, -0.15) is 0 Å². The highest BCUT2D eigenvalue weighted by molar-refractivity contribution is 7.99. The molecule has 1 atom stereocenters. The molecule has 19 heavy (non-hydrogen) atoms. The van der Waals surface area contributed by atoms with Crippen molar-refractivity contribution in [2.45, 2.75) is 30.7 Å². The van der Waals surface area contributed by atoms with E-state index in [4.69, 9.17) is 11.6 Å². The van der Waals surface area contributed by atoms with Crippen molar-refractivity contribution >= 4 is 23.4 Å². The maximum Gasteiger partial charge on any atom is 0.124 e. The second-order valence-electron chi connectivity index (χ2n) is 4.64. The summed E-state index contributed by atoms with van der Waals surface area (Å²) in [6.45, 7) is 4.26. The summed E-state index contributed by atoms with van der Waals surface area (Å²) >= 11 is 7.74. The molecule has 1 aromatic heterocycles. The topological polar surface area (TPSA) is 38.0 Å². The molecule has 1 aromatic carbocycles. The van der Waals surface area contributed by atoms with Gasteiger partial charge in [0.2, 0.25) is 0 Å². The molecule has 0 radical (unpaired) electrons. The lowest BCUT2D eigenvalue weighted by molar-refractivity contribution is 0.205. The molecule has 1 unspecified atom stereocenters. The standard InChI is InChI=1S/C14H17ClN2OS/c1-10(2)13(14-16-6-7-17(14)9-18)19-12-5-3-4-11(15)8-12/h3-8,10,13,18H,9H2,1-2H3. The predicted octanol–water partition coefficient (Wildman–Crippen LogP) is 3.98. The summed E-state index contributed by atoms with van der Waals surface area (Å²) in [4.78, 5) is 5.49. The number of benzene rings is 1. The number of aromatic nitrogens is 2. The van der Waals surface area contributed by atoms with Gasteiger partial charge in [-0.1, -0.05) is 31.5 Å². The Morgan fingerprint density at radius 3 is 2.84 bits per heavy atom. The fraction of sp³-hybridized carbons (Fsp3) is 0.357. The molecule has 0 saturated heterocycles. The molecule has 0 saturated carbocycles. The highest BCUT2D eigenvalue weighted by Crippen LogP contribution is 2.40. The first-order valence-electron chi connectivity index (χ1n) is 6.16. The number of rotatable bonds is 5. The largest absolute Gasteiger partial charge is 0.376 e. The van der Waals surface area contributed by atoms with E-state index in [0.29, 0.717) is 5.92 Å². The number of halogens is 1. The van der Waals surface area contributed by atoms with Crippen LogP contribution in [-0.4, -0.2) is 14.7 Å². The Hall–Kier alpha value is -0.970. The van der Waals surface area contributed by atoms with Crippen LogP contribution < -0.4 is 0 Å². The molecule has 0 fully saturated rings. The lowest BCUT2D eigenvalue weighted by Crippen LogP contribution is -2.11. The first-order chi connectivity index (χ1) is 9.11. The summed E-state index contributed by atoms with van der Waals surface area (Å²) in [5.41, 5.74) is 0. The van der Waals surface area contributed by atoms with Gasteiger partial charge in [-0.3, -0.25) is 0 Å². The Bertz CT molecular complexity index is 542. The molecule has 2 aromatic rings. The van der Waals surface area contributed by atoms with Gasteiger partial charge in [0.25, 0.3) is 0 Å². The van der Waals surface area contributed by atoms with Gasteiger partial charge in [0.05, 0.1) is 5.25 Å². The van der Waals surface area contributed by atoms with E-state index in [1.54, 1.807) is 28.7 Å². The third-order valence-electron chi connectivity index (χ3n) is 2.82. The highest BCUT2D eigenvalue weighted by Gasteiger charge is 2.22. The number of imidazole rings is 1. The van der Waals surface area contributed by atoms with Crippen molar-refractivity contribution in [3.05, 3.63) is 47.5 Å². The van der Waals surface area contributed by atoms with Gasteiger partial charge >= 0.3 is 0 Å². The van der Waals surface area contributed by atoms with Crippen molar-refractivity contribution in [2.24, 2.45) is 5.92 Å². The minimum atomic E-state index is -0.0470. The van der Waals surface area contributed by atoms with Crippen LogP contribution in [0.5, 0.6) is 0 Å². The van der Waals surface area contributed by atoms with E-state index in [1.165, 1.54) is 0 Å². The molecule has 0 aliphatic carbocycles. The number of aliphatic hydroxyl groups is 1. The van der Waals surface area contributed by atoms with Gasteiger partial charge in [0, 0.05) is 22.3 Å². The van der Waals surface area contributed by atoms with Gasteiger partial charge in [-0.05, 0) is 24.1 Å². The first-order valence-corrected chi connectivity index (χ1v) is 7.41. The lowest BCUT2D eigenvalue weighted by atomic mass is 10.1. The molecule has 102 valence electrons. The van der Waals surface area contributed by atoms with Gasteiger partial charge in [-0.15, -0.1) is 11.8 Å². The maximum absolute atomic E-state index is 9.34. The zero-order valence-electron chi connectivity index (χ0n) is 11.0. The second kappa shape index (κ2) is 6.46. The molecule has 0 bridgehead atoms. The zero-order chi connectivity index (χ0) is 13.8. The Morgan fingerprint density at radius 2 is 2.21 bits per heavy atom. The third-order valence-corrected chi connectivity index (χ3v) is 4.59. The average molecular weight is 297 g/mol. The van der Waals surface area contributed by atoms with Crippen LogP contribution >= 0.6 is 23.4 Å². The summed E-state index contributed by atoms with van der Waals surface area (Å²) in [6.07, 6.45) is 3.52. The number of hydrogen-bond acceptors (Lipinski definition) is 3. The predicted molar refractivity (Wildman–Crippen MR) is 79.3 cm³/mol. The highest BCUT2D eigenvalue weighted by atomic mass is 35.5. The van der Waals surface area contributed by atoms with Crippen LogP contribution in [0.1, 0.15) is 24.9 Å². The average Bonchev–Trinajstić information content (AvgIpc) is 2.83. The Morgan fingerprint density at radius 1 is 1.42 bits per heavy atom. The summed E-state index contributed by atoms with van der Waals surface area (Å²) in [5, 5.41) is 10.3. The number of nitrogens with zero attached hydrogens (tertiary/aromatic N) is 2. The van der Waals surface area contributed by atoms with Crippen molar-refractivity contribution in [1.29, 1.82) is 0 Å². The minimum absolute atomic E-state index is 0.0470. The summed E-state index contributed by atoms with van der Waals surface area (Å²) < 4.78 is 1.77. The summed E-state index contributed by atoms with van der Waals surface area (Å²) in [7, 11) is 0. The molecule has 1 N–H and O–H groups in total. The number of thioether (sulfide) groups is 1. The molecule has 5 heteroatoms. The van der Waals surface area contributed by atoms with E-state index in [9.17, 15) is 5.11 Å². The van der Waals surface area contributed by atoms with E-state index in [1.807, 2.05) is 24.3 Å². The normalized spacial score (nSPS) is 12.9. The summed E-state index contributed by atoms with van der Waals surface area (Å²) in [5.74, 6) is 1.29. The minimum Gasteiger partial charge on any atom is -0.376 e. The van der Waals surface area contributed by atoms with Crippen molar-refractivity contribution < 1.29 is 5.11 Å². The van der Waals surface area contributed by atoms with Crippen LogP contribution in [0.2, 0.25) is 5.02 Å². The molecule has 0 aliphatic rings.